The molecule has 0 unspecified atom stereocenters. The number of halogens is 1. The summed E-state index contributed by atoms with van der Waals surface area (Å²) in [4.78, 5) is 23.3. The van der Waals surface area contributed by atoms with Crippen molar-refractivity contribution in [2.75, 3.05) is 37.2 Å². The van der Waals surface area contributed by atoms with Crippen molar-refractivity contribution in [1.82, 2.24) is 15.2 Å². The van der Waals surface area contributed by atoms with Crippen LogP contribution >= 0.6 is 35.7 Å². The maximum absolute atomic E-state index is 12.1. The Bertz CT molecular complexity index is 623. The lowest BCUT2D eigenvalue weighted by Gasteiger charge is -2.39. The molecule has 0 saturated carbocycles. The first-order valence-corrected chi connectivity index (χ1v) is 9.79. The van der Waals surface area contributed by atoms with Gasteiger partial charge in [0.1, 0.15) is 5.82 Å². The number of nitrogens with zero attached hydrogens (tertiary/aromatic N) is 3. The minimum atomic E-state index is -0.0628. The van der Waals surface area contributed by atoms with E-state index in [2.05, 4.69) is 46.3 Å². The molecule has 0 aromatic carbocycles. The minimum absolute atomic E-state index is 0. The zero-order valence-electron chi connectivity index (χ0n) is 16.0. The third kappa shape index (κ3) is 7.69. The average molecular weight is 491 g/mol. The zero-order chi connectivity index (χ0) is 18.3. The number of amides is 1. The van der Waals surface area contributed by atoms with Crippen molar-refractivity contribution in [2.24, 2.45) is 4.99 Å². The first kappa shape index (κ1) is 23.0. The van der Waals surface area contributed by atoms with Crippen molar-refractivity contribution in [1.29, 1.82) is 0 Å². The van der Waals surface area contributed by atoms with Gasteiger partial charge < -0.3 is 15.5 Å². The summed E-state index contributed by atoms with van der Waals surface area (Å²) in [5.41, 5.74) is 0.885. The van der Waals surface area contributed by atoms with Crippen LogP contribution in [0.3, 0.4) is 0 Å². The Balaban J connectivity index is 0.00000338. The van der Waals surface area contributed by atoms with Crippen LogP contribution in [-0.2, 0) is 4.79 Å². The number of pyridine rings is 1. The van der Waals surface area contributed by atoms with Crippen LogP contribution in [0.4, 0.5) is 5.82 Å². The number of carbonyl (C=O) groups is 1. The second kappa shape index (κ2) is 11.0. The minimum Gasteiger partial charge on any atom is -0.357 e. The molecule has 2 N–H and O–H groups in total. The van der Waals surface area contributed by atoms with E-state index in [9.17, 15) is 4.79 Å². The lowest BCUT2D eigenvalue weighted by atomic mass is 10.2. The second-order valence-corrected chi connectivity index (χ2v) is 8.53. The number of hydrogen-bond acceptors (Lipinski definition) is 4. The molecule has 0 spiro atoms. The summed E-state index contributed by atoms with van der Waals surface area (Å²) >= 11 is 2.00. The van der Waals surface area contributed by atoms with Gasteiger partial charge in [-0.25, -0.2) is 4.98 Å². The molecule has 1 aliphatic heterocycles. The molecule has 146 valence electrons. The number of aliphatic imine (C=N–C) groups is 1. The van der Waals surface area contributed by atoms with Crippen LogP contribution in [0.25, 0.3) is 0 Å². The van der Waals surface area contributed by atoms with Crippen LogP contribution in [-0.4, -0.2) is 58.4 Å². The van der Waals surface area contributed by atoms with Crippen molar-refractivity contribution in [3.63, 3.8) is 0 Å². The van der Waals surface area contributed by atoms with E-state index in [0.29, 0.717) is 18.8 Å². The summed E-state index contributed by atoms with van der Waals surface area (Å²) in [6.45, 7) is 11.7. The number of thioether (sulfide) groups is 1. The van der Waals surface area contributed by atoms with Crippen LogP contribution in [0.5, 0.6) is 0 Å². The average Bonchev–Trinajstić information content (AvgIpc) is 2.53. The van der Waals surface area contributed by atoms with Gasteiger partial charge in [-0.2, -0.15) is 11.8 Å². The van der Waals surface area contributed by atoms with Gasteiger partial charge in [0, 0.05) is 42.2 Å². The van der Waals surface area contributed by atoms with E-state index in [1.165, 1.54) is 0 Å². The molecule has 0 radical (unpaired) electrons. The predicted octanol–water partition coefficient (Wildman–Crippen LogP) is 3.13. The lowest BCUT2D eigenvalue weighted by Crippen LogP contribution is -2.51. The Kier molecular flexibility index (Phi) is 9.70. The van der Waals surface area contributed by atoms with Gasteiger partial charge in [-0.1, -0.05) is 6.07 Å². The molecule has 26 heavy (non-hydrogen) atoms. The smallest absolute Gasteiger partial charge is 0.227 e. The van der Waals surface area contributed by atoms with Gasteiger partial charge >= 0.3 is 0 Å². The molecule has 1 saturated heterocycles. The quantitative estimate of drug-likeness (QED) is 0.377. The number of aromatic nitrogens is 1. The third-order valence-corrected chi connectivity index (χ3v) is 5.11. The summed E-state index contributed by atoms with van der Waals surface area (Å²) < 4.78 is 0.225. The van der Waals surface area contributed by atoms with E-state index in [1.54, 1.807) is 6.07 Å². The van der Waals surface area contributed by atoms with Crippen molar-refractivity contribution in [3.05, 3.63) is 23.9 Å². The molecule has 0 atom stereocenters. The number of rotatable bonds is 5. The summed E-state index contributed by atoms with van der Waals surface area (Å²) in [6.07, 6.45) is 0.344. The molecule has 1 aromatic heterocycles. The molecule has 1 fully saturated rings. The molecular weight excluding hydrogens is 461 g/mol. The molecular formula is C18H30IN5OS. The standard InChI is InChI=1S/C18H29N5OS.HI/c1-5-19-17(23-11-12-25-18(3,4)13-23)20-10-9-16(24)22-15-8-6-7-14(2)21-15;/h6-8H,5,9-13H2,1-4H3,(H,19,20)(H,21,22,24);1H. The molecule has 1 aliphatic rings. The van der Waals surface area contributed by atoms with E-state index in [4.69, 9.17) is 0 Å². The normalized spacial score (nSPS) is 16.6. The van der Waals surface area contributed by atoms with Gasteiger partial charge in [-0.15, -0.1) is 24.0 Å². The van der Waals surface area contributed by atoms with E-state index in [0.717, 1.165) is 37.0 Å². The van der Waals surface area contributed by atoms with Gasteiger partial charge in [0.05, 0.1) is 6.54 Å². The van der Waals surface area contributed by atoms with E-state index in [1.807, 2.05) is 30.8 Å². The van der Waals surface area contributed by atoms with E-state index in [-0.39, 0.29) is 34.6 Å². The molecule has 0 bridgehead atoms. The number of guanidine groups is 1. The van der Waals surface area contributed by atoms with Gasteiger partial charge in [0.15, 0.2) is 5.96 Å². The van der Waals surface area contributed by atoms with Crippen molar-refractivity contribution in [3.8, 4) is 0 Å². The van der Waals surface area contributed by atoms with Crippen molar-refractivity contribution >= 4 is 53.4 Å². The zero-order valence-corrected chi connectivity index (χ0v) is 19.2. The highest BCUT2D eigenvalue weighted by Crippen LogP contribution is 2.29. The lowest BCUT2D eigenvalue weighted by molar-refractivity contribution is -0.116. The number of anilines is 1. The van der Waals surface area contributed by atoms with Crippen LogP contribution in [0.2, 0.25) is 0 Å². The van der Waals surface area contributed by atoms with Crippen LogP contribution < -0.4 is 10.6 Å². The Morgan fingerprint density at radius 1 is 1.42 bits per heavy atom. The fourth-order valence-electron chi connectivity index (χ4n) is 2.70. The maximum atomic E-state index is 12.1. The van der Waals surface area contributed by atoms with E-state index < -0.39 is 0 Å². The highest BCUT2D eigenvalue weighted by atomic mass is 127. The molecule has 2 rings (SSSR count). The molecule has 1 aromatic rings. The summed E-state index contributed by atoms with van der Waals surface area (Å²) in [6, 6.07) is 5.59. The monoisotopic (exact) mass is 491 g/mol. The summed E-state index contributed by atoms with van der Waals surface area (Å²) in [7, 11) is 0. The maximum Gasteiger partial charge on any atom is 0.227 e. The van der Waals surface area contributed by atoms with Crippen LogP contribution in [0.15, 0.2) is 23.2 Å². The van der Waals surface area contributed by atoms with Crippen molar-refractivity contribution < 1.29 is 4.79 Å². The van der Waals surface area contributed by atoms with Crippen LogP contribution in [0.1, 0.15) is 32.9 Å². The number of aryl methyl sites for hydroxylation is 1. The predicted molar refractivity (Wildman–Crippen MR) is 122 cm³/mol. The Morgan fingerprint density at radius 3 is 2.85 bits per heavy atom. The van der Waals surface area contributed by atoms with Gasteiger partial charge in [-0.3, -0.25) is 9.79 Å². The Hall–Kier alpha value is -1.03. The first-order valence-electron chi connectivity index (χ1n) is 8.80. The number of hydrogen-bond donors (Lipinski definition) is 2. The van der Waals surface area contributed by atoms with E-state index >= 15 is 0 Å². The van der Waals surface area contributed by atoms with Gasteiger partial charge in [0.25, 0.3) is 0 Å². The highest BCUT2D eigenvalue weighted by Gasteiger charge is 2.28. The molecule has 8 heteroatoms. The molecule has 2 heterocycles. The van der Waals surface area contributed by atoms with Crippen LogP contribution in [0, 0.1) is 6.92 Å². The Labute approximate surface area is 178 Å². The largest absolute Gasteiger partial charge is 0.357 e. The SMILES string of the molecule is CCNC(=NCCC(=O)Nc1cccc(C)n1)N1CCSC(C)(C)C1.I. The topological polar surface area (TPSA) is 69.6 Å². The van der Waals surface area contributed by atoms with Crippen molar-refractivity contribution in [2.45, 2.75) is 38.9 Å². The summed E-state index contributed by atoms with van der Waals surface area (Å²) in [5, 5.41) is 6.17. The van der Waals surface area contributed by atoms with Gasteiger partial charge in [-0.05, 0) is 39.8 Å². The highest BCUT2D eigenvalue weighted by molar-refractivity contribution is 14.0. The molecule has 6 nitrogen and oxygen atoms in total. The second-order valence-electron chi connectivity index (χ2n) is 6.73. The number of nitrogens with one attached hydrogen (secondary N) is 2. The van der Waals surface area contributed by atoms with Gasteiger partial charge in [0.2, 0.25) is 5.91 Å². The molecule has 1 amide bonds. The number of carbonyl (C=O) groups excluding carboxylic acids is 1. The fraction of sp³-hybridized carbons (Fsp3) is 0.611. The third-order valence-electron chi connectivity index (χ3n) is 3.82. The Morgan fingerprint density at radius 2 is 2.19 bits per heavy atom. The summed E-state index contributed by atoms with van der Waals surface area (Å²) in [5.74, 6) is 2.52. The fourth-order valence-corrected chi connectivity index (χ4v) is 3.82. The molecule has 0 aliphatic carbocycles. The first-order chi connectivity index (χ1) is 11.9.